The molecule has 98 valence electrons. The van der Waals surface area contributed by atoms with Crippen LogP contribution < -0.4 is 15.2 Å². The highest BCUT2D eigenvalue weighted by molar-refractivity contribution is 7.87. The average molecular weight is 271 g/mol. The second-order valence-corrected chi connectivity index (χ2v) is 4.59. The highest BCUT2D eigenvalue weighted by Crippen LogP contribution is 2.31. The van der Waals surface area contributed by atoms with Crippen LogP contribution in [0.25, 0.3) is 0 Å². The molecule has 7 nitrogen and oxygen atoms in total. The average Bonchev–Trinajstić information content (AvgIpc) is 2.28. The maximum absolute atomic E-state index is 10.7. The molecule has 0 aliphatic carbocycles. The van der Waals surface area contributed by atoms with E-state index in [1.165, 1.54) is 12.1 Å². The standard InChI is InChI=1S/C10H13N3O4S/c1-2-5-17-9-4-3-8(13-18(14,15)16)10(12)7(9)6-11/h3-4,13H,2,5,12H2,1H3,(H,14,15,16). The van der Waals surface area contributed by atoms with Crippen molar-refractivity contribution in [3.63, 3.8) is 0 Å². The molecule has 18 heavy (non-hydrogen) atoms. The molecule has 0 spiro atoms. The van der Waals surface area contributed by atoms with Crippen LogP contribution in [-0.4, -0.2) is 19.6 Å². The third-order valence-electron chi connectivity index (χ3n) is 2.02. The van der Waals surface area contributed by atoms with Crippen molar-refractivity contribution < 1.29 is 17.7 Å². The van der Waals surface area contributed by atoms with Gasteiger partial charge in [0.05, 0.1) is 18.0 Å². The maximum atomic E-state index is 10.7. The Bertz CT molecular complexity index is 578. The second-order valence-electron chi connectivity index (χ2n) is 3.44. The molecule has 0 amide bonds. The predicted octanol–water partition coefficient (Wildman–Crippen LogP) is 1.14. The lowest BCUT2D eigenvalue weighted by Gasteiger charge is -2.12. The zero-order valence-electron chi connectivity index (χ0n) is 9.67. The van der Waals surface area contributed by atoms with Gasteiger partial charge in [0.2, 0.25) is 0 Å². The molecule has 0 bridgehead atoms. The first-order valence-corrected chi connectivity index (χ1v) is 6.53. The molecule has 0 aromatic heterocycles. The Kier molecular flexibility index (Phi) is 4.36. The summed E-state index contributed by atoms with van der Waals surface area (Å²) in [5.41, 5.74) is 5.49. The van der Waals surface area contributed by atoms with Gasteiger partial charge in [-0.05, 0) is 18.6 Å². The number of nitrogens with zero attached hydrogens (tertiary/aromatic N) is 1. The molecule has 0 saturated carbocycles. The molecule has 0 aliphatic rings. The molecule has 8 heteroatoms. The number of hydrogen-bond donors (Lipinski definition) is 3. The molecule has 1 aromatic carbocycles. The quantitative estimate of drug-likeness (QED) is 0.544. The van der Waals surface area contributed by atoms with Crippen LogP contribution >= 0.6 is 0 Å². The molecule has 0 heterocycles. The summed E-state index contributed by atoms with van der Waals surface area (Å²) in [5, 5.41) is 8.97. The molecule has 0 saturated heterocycles. The summed E-state index contributed by atoms with van der Waals surface area (Å²) in [5.74, 6) is 0.276. The van der Waals surface area contributed by atoms with Gasteiger partial charge in [-0.2, -0.15) is 13.7 Å². The highest BCUT2D eigenvalue weighted by atomic mass is 32.2. The molecule has 0 radical (unpaired) electrons. The van der Waals surface area contributed by atoms with Gasteiger partial charge in [0.25, 0.3) is 0 Å². The van der Waals surface area contributed by atoms with Gasteiger partial charge in [0, 0.05) is 0 Å². The van der Waals surface area contributed by atoms with Crippen molar-refractivity contribution in [2.75, 3.05) is 17.1 Å². The van der Waals surface area contributed by atoms with Gasteiger partial charge < -0.3 is 10.5 Å². The van der Waals surface area contributed by atoms with Gasteiger partial charge in [-0.25, -0.2) is 0 Å². The summed E-state index contributed by atoms with van der Waals surface area (Å²) in [7, 11) is -4.43. The van der Waals surface area contributed by atoms with Crippen molar-refractivity contribution in [3.05, 3.63) is 17.7 Å². The number of nitrogen functional groups attached to an aromatic ring is 1. The van der Waals surface area contributed by atoms with E-state index in [0.29, 0.717) is 6.61 Å². The van der Waals surface area contributed by atoms with Crippen LogP contribution in [0.4, 0.5) is 11.4 Å². The van der Waals surface area contributed by atoms with E-state index in [-0.39, 0.29) is 22.7 Å². The van der Waals surface area contributed by atoms with Crippen molar-refractivity contribution in [1.82, 2.24) is 0 Å². The third-order valence-corrected chi connectivity index (χ3v) is 2.50. The number of rotatable bonds is 5. The lowest BCUT2D eigenvalue weighted by Crippen LogP contribution is -2.13. The number of ether oxygens (including phenoxy) is 1. The summed E-state index contributed by atoms with van der Waals surface area (Å²) in [6, 6.07) is 4.56. The molecular formula is C10H13N3O4S. The van der Waals surface area contributed by atoms with Gasteiger partial charge >= 0.3 is 10.3 Å². The largest absolute Gasteiger partial charge is 0.492 e. The minimum atomic E-state index is -4.43. The zero-order valence-corrected chi connectivity index (χ0v) is 10.5. The van der Waals surface area contributed by atoms with Crippen LogP contribution in [-0.2, 0) is 10.3 Å². The van der Waals surface area contributed by atoms with Gasteiger partial charge in [-0.3, -0.25) is 9.27 Å². The summed E-state index contributed by atoms with van der Waals surface area (Å²) in [4.78, 5) is 0. The van der Waals surface area contributed by atoms with Crippen LogP contribution in [0.3, 0.4) is 0 Å². The predicted molar refractivity (Wildman–Crippen MR) is 66.5 cm³/mol. The molecule has 0 atom stereocenters. The van der Waals surface area contributed by atoms with Gasteiger partial charge in [0.15, 0.2) is 0 Å². The molecule has 4 N–H and O–H groups in total. The Hall–Kier alpha value is -1.98. The zero-order chi connectivity index (χ0) is 13.8. The monoisotopic (exact) mass is 271 g/mol. The van der Waals surface area contributed by atoms with Crippen molar-refractivity contribution in [1.29, 1.82) is 5.26 Å². The van der Waals surface area contributed by atoms with Crippen LogP contribution in [0.1, 0.15) is 18.9 Å². The Morgan fingerprint density at radius 3 is 2.72 bits per heavy atom. The number of nitrogens with one attached hydrogen (secondary N) is 1. The smallest absolute Gasteiger partial charge is 0.357 e. The lowest BCUT2D eigenvalue weighted by atomic mass is 10.1. The van der Waals surface area contributed by atoms with E-state index >= 15 is 0 Å². The van der Waals surface area contributed by atoms with E-state index in [0.717, 1.165) is 6.42 Å². The van der Waals surface area contributed by atoms with Crippen molar-refractivity contribution in [3.8, 4) is 11.8 Å². The number of nitrogens with two attached hydrogens (primary N) is 1. The van der Waals surface area contributed by atoms with E-state index < -0.39 is 10.3 Å². The summed E-state index contributed by atoms with van der Waals surface area (Å²) >= 11 is 0. The van der Waals surface area contributed by atoms with Crippen LogP contribution in [0, 0.1) is 11.3 Å². The number of benzene rings is 1. The summed E-state index contributed by atoms with van der Waals surface area (Å²) in [6.07, 6.45) is 0.760. The lowest BCUT2D eigenvalue weighted by molar-refractivity contribution is 0.317. The Morgan fingerprint density at radius 2 is 2.22 bits per heavy atom. The first-order chi connectivity index (χ1) is 8.39. The Balaban J connectivity index is 3.17. The molecule has 0 unspecified atom stereocenters. The van der Waals surface area contributed by atoms with E-state index in [1.807, 2.05) is 13.0 Å². The first kappa shape index (κ1) is 14.1. The SMILES string of the molecule is CCCOc1ccc(NS(=O)(=O)O)c(N)c1C#N. The third kappa shape index (κ3) is 3.51. The van der Waals surface area contributed by atoms with Gasteiger partial charge in [-0.1, -0.05) is 6.92 Å². The van der Waals surface area contributed by atoms with E-state index in [9.17, 15) is 8.42 Å². The number of hydrogen-bond acceptors (Lipinski definition) is 5. The Labute approximate surface area is 105 Å². The molecule has 0 fully saturated rings. The van der Waals surface area contributed by atoms with Crippen LogP contribution in [0.15, 0.2) is 12.1 Å². The van der Waals surface area contributed by atoms with Gasteiger partial charge in [-0.15, -0.1) is 0 Å². The minimum absolute atomic E-state index is 0.0251. The summed E-state index contributed by atoms with van der Waals surface area (Å²) < 4.78 is 37.1. The molecule has 1 aromatic rings. The Morgan fingerprint density at radius 1 is 1.56 bits per heavy atom. The normalized spacial score (nSPS) is 10.7. The number of anilines is 2. The second kappa shape index (κ2) is 5.57. The van der Waals surface area contributed by atoms with Crippen LogP contribution in [0.5, 0.6) is 5.75 Å². The van der Waals surface area contributed by atoms with E-state index in [4.69, 9.17) is 20.3 Å². The van der Waals surface area contributed by atoms with Crippen molar-refractivity contribution in [2.45, 2.75) is 13.3 Å². The highest BCUT2D eigenvalue weighted by Gasteiger charge is 2.14. The van der Waals surface area contributed by atoms with Crippen molar-refractivity contribution >= 4 is 21.7 Å². The van der Waals surface area contributed by atoms with Gasteiger partial charge in [0.1, 0.15) is 17.4 Å². The fourth-order valence-corrected chi connectivity index (χ4v) is 1.73. The van der Waals surface area contributed by atoms with E-state index in [2.05, 4.69) is 0 Å². The van der Waals surface area contributed by atoms with Crippen molar-refractivity contribution in [2.24, 2.45) is 0 Å². The summed E-state index contributed by atoms with van der Waals surface area (Å²) in [6.45, 7) is 2.32. The fourth-order valence-electron chi connectivity index (χ4n) is 1.28. The first-order valence-electron chi connectivity index (χ1n) is 5.09. The minimum Gasteiger partial charge on any atom is -0.492 e. The van der Waals surface area contributed by atoms with E-state index in [1.54, 1.807) is 4.72 Å². The maximum Gasteiger partial charge on any atom is 0.357 e. The topological polar surface area (TPSA) is 125 Å². The molecule has 0 aliphatic heterocycles. The number of nitriles is 1. The molecular weight excluding hydrogens is 258 g/mol. The fraction of sp³-hybridized carbons (Fsp3) is 0.300. The van der Waals surface area contributed by atoms with Crippen LogP contribution in [0.2, 0.25) is 0 Å². The molecule has 1 rings (SSSR count).